The molecule has 4 rings (SSSR count). The van der Waals surface area contributed by atoms with Crippen LogP contribution in [0.1, 0.15) is 24.5 Å². The SMILES string of the molecule is CC(=O)S[C@H]1C[C@@H](C2CNC(=O)C2NC(=O)OCc2ccc([N+](=O)[O-])cc2)N(C(=O)OCc2ccc([N+](=O)[O-])cc2)C1. The topological polar surface area (TPSA) is 200 Å². The van der Waals surface area contributed by atoms with Gasteiger partial charge < -0.3 is 25.0 Å². The van der Waals surface area contributed by atoms with Crippen molar-refractivity contribution >= 4 is 46.3 Å². The summed E-state index contributed by atoms with van der Waals surface area (Å²) in [4.78, 5) is 72.3. The summed E-state index contributed by atoms with van der Waals surface area (Å²) in [5.74, 6) is -1.02. The lowest BCUT2D eigenvalue weighted by molar-refractivity contribution is -0.385. The number of rotatable bonds is 9. The summed E-state index contributed by atoms with van der Waals surface area (Å²) in [6, 6.07) is 9.40. The van der Waals surface area contributed by atoms with Gasteiger partial charge in [-0.05, 0) is 41.8 Å². The molecular formula is C26H27N5O10S. The Morgan fingerprint density at radius 2 is 1.52 bits per heavy atom. The minimum absolute atomic E-state index is 0.100. The monoisotopic (exact) mass is 601 g/mol. The lowest BCUT2D eigenvalue weighted by atomic mass is 9.92. The predicted octanol–water partition coefficient (Wildman–Crippen LogP) is 2.90. The highest BCUT2D eigenvalue weighted by atomic mass is 32.2. The van der Waals surface area contributed by atoms with Crippen LogP contribution in [0.2, 0.25) is 0 Å². The number of nitro benzene ring substituents is 2. The molecule has 222 valence electrons. The van der Waals surface area contributed by atoms with Gasteiger partial charge in [-0.1, -0.05) is 11.8 Å². The fourth-order valence-corrected chi connectivity index (χ4v) is 5.90. The van der Waals surface area contributed by atoms with Crippen LogP contribution in [-0.4, -0.2) is 68.4 Å². The molecule has 2 heterocycles. The number of hydrogen-bond donors (Lipinski definition) is 2. The molecule has 0 radical (unpaired) electrons. The van der Waals surface area contributed by atoms with Crippen LogP contribution in [0.3, 0.4) is 0 Å². The number of benzene rings is 2. The van der Waals surface area contributed by atoms with Gasteiger partial charge >= 0.3 is 12.2 Å². The molecule has 2 aliphatic rings. The second-order valence-electron chi connectivity index (χ2n) is 9.70. The highest BCUT2D eigenvalue weighted by Gasteiger charge is 2.48. The van der Waals surface area contributed by atoms with Crippen LogP contribution >= 0.6 is 11.8 Å². The molecule has 2 aliphatic heterocycles. The molecule has 0 aliphatic carbocycles. The second-order valence-corrected chi connectivity index (χ2v) is 11.2. The van der Waals surface area contributed by atoms with Crippen molar-refractivity contribution in [1.82, 2.24) is 15.5 Å². The molecule has 42 heavy (non-hydrogen) atoms. The number of carbonyl (C=O) groups is 4. The van der Waals surface area contributed by atoms with Crippen molar-refractivity contribution in [2.75, 3.05) is 13.1 Å². The molecule has 2 fully saturated rings. The highest BCUT2D eigenvalue weighted by Crippen LogP contribution is 2.35. The van der Waals surface area contributed by atoms with E-state index in [1.54, 1.807) is 0 Å². The van der Waals surface area contributed by atoms with Crippen LogP contribution in [0.15, 0.2) is 48.5 Å². The van der Waals surface area contributed by atoms with Gasteiger partial charge in [-0.15, -0.1) is 0 Å². The number of thioether (sulfide) groups is 1. The number of non-ortho nitro benzene ring substituents is 2. The van der Waals surface area contributed by atoms with E-state index in [4.69, 9.17) is 9.47 Å². The summed E-state index contributed by atoms with van der Waals surface area (Å²) in [5.41, 5.74) is 0.830. The lowest BCUT2D eigenvalue weighted by Gasteiger charge is -2.30. The maximum atomic E-state index is 13.2. The van der Waals surface area contributed by atoms with E-state index >= 15 is 0 Å². The third-order valence-electron chi connectivity index (χ3n) is 6.89. The van der Waals surface area contributed by atoms with Gasteiger partial charge in [0, 0.05) is 61.5 Å². The van der Waals surface area contributed by atoms with Crippen molar-refractivity contribution in [1.29, 1.82) is 0 Å². The number of carbonyl (C=O) groups excluding carboxylic acids is 4. The normalized spacial score (nSPS) is 21.4. The molecule has 2 saturated heterocycles. The van der Waals surface area contributed by atoms with Crippen LogP contribution < -0.4 is 10.6 Å². The van der Waals surface area contributed by atoms with E-state index in [-0.39, 0.29) is 48.0 Å². The van der Waals surface area contributed by atoms with Gasteiger partial charge in [0.05, 0.1) is 9.85 Å². The Kier molecular flexibility index (Phi) is 9.57. The Morgan fingerprint density at radius 1 is 0.976 bits per heavy atom. The van der Waals surface area contributed by atoms with E-state index in [0.717, 1.165) is 11.8 Å². The second kappa shape index (κ2) is 13.3. The number of alkyl carbamates (subject to hydrolysis) is 1. The van der Waals surface area contributed by atoms with Crippen molar-refractivity contribution in [3.05, 3.63) is 79.9 Å². The number of ether oxygens (including phenoxy) is 2. The quantitative estimate of drug-likeness (QED) is 0.316. The third kappa shape index (κ3) is 7.51. The summed E-state index contributed by atoms with van der Waals surface area (Å²) >= 11 is 1.08. The predicted molar refractivity (Wildman–Crippen MR) is 147 cm³/mol. The van der Waals surface area contributed by atoms with Gasteiger partial charge in [0.25, 0.3) is 11.4 Å². The van der Waals surface area contributed by atoms with Gasteiger partial charge in [-0.3, -0.25) is 29.8 Å². The van der Waals surface area contributed by atoms with Crippen LogP contribution in [-0.2, 0) is 32.3 Å². The first-order valence-electron chi connectivity index (χ1n) is 12.8. The van der Waals surface area contributed by atoms with E-state index in [1.165, 1.54) is 60.4 Å². The molecular weight excluding hydrogens is 574 g/mol. The van der Waals surface area contributed by atoms with Gasteiger partial charge in [0.1, 0.15) is 19.3 Å². The average molecular weight is 602 g/mol. The number of nitro groups is 2. The molecule has 15 nitrogen and oxygen atoms in total. The minimum Gasteiger partial charge on any atom is -0.445 e. The molecule has 4 atom stereocenters. The Morgan fingerprint density at radius 3 is 2.05 bits per heavy atom. The van der Waals surface area contributed by atoms with Gasteiger partial charge in [-0.2, -0.15) is 0 Å². The maximum absolute atomic E-state index is 13.2. The molecule has 3 amide bonds. The molecule has 0 aromatic heterocycles. The van der Waals surface area contributed by atoms with Gasteiger partial charge in [-0.25, -0.2) is 9.59 Å². The van der Waals surface area contributed by atoms with E-state index in [1.807, 2.05) is 0 Å². The zero-order chi connectivity index (χ0) is 30.4. The summed E-state index contributed by atoms with van der Waals surface area (Å²) in [6.07, 6.45) is -1.21. The molecule has 16 heteroatoms. The first-order chi connectivity index (χ1) is 20.0. The van der Waals surface area contributed by atoms with Crippen molar-refractivity contribution in [3.63, 3.8) is 0 Å². The maximum Gasteiger partial charge on any atom is 0.410 e. The largest absolute Gasteiger partial charge is 0.445 e. The van der Waals surface area contributed by atoms with Crippen LogP contribution in [0.25, 0.3) is 0 Å². The zero-order valence-corrected chi connectivity index (χ0v) is 23.1. The summed E-state index contributed by atoms with van der Waals surface area (Å²) in [7, 11) is 0. The van der Waals surface area contributed by atoms with Crippen molar-refractivity contribution in [2.45, 2.75) is 43.9 Å². The Bertz CT molecular complexity index is 1370. The first kappa shape index (κ1) is 30.2. The lowest BCUT2D eigenvalue weighted by Crippen LogP contribution is -2.50. The Labute approximate surface area is 243 Å². The van der Waals surface area contributed by atoms with Gasteiger partial charge in [0.15, 0.2) is 5.12 Å². The average Bonchev–Trinajstić information content (AvgIpc) is 3.53. The summed E-state index contributed by atoms with van der Waals surface area (Å²) in [6.45, 7) is 1.41. The van der Waals surface area contributed by atoms with Crippen molar-refractivity contribution < 1.29 is 38.5 Å². The minimum atomic E-state index is -1.04. The van der Waals surface area contributed by atoms with E-state index < -0.39 is 45.9 Å². The first-order valence-corrected chi connectivity index (χ1v) is 13.7. The van der Waals surface area contributed by atoms with Crippen LogP contribution in [0, 0.1) is 26.1 Å². The van der Waals surface area contributed by atoms with Crippen molar-refractivity contribution in [2.24, 2.45) is 5.92 Å². The Balaban J connectivity index is 1.41. The Hall–Kier alpha value is -4.73. The smallest absolute Gasteiger partial charge is 0.410 e. The number of likely N-dealkylation sites (tertiary alicyclic amines) is 1. The molecule has 2 aromatic rings. The standard InChI is InChI=1S/C26H27N5O10S/c1-15(32)42-20-10-22(29(12-20)26(35)41-14-17-4-8-19(9-5-17)31(38)39)21-11-27-24(33)23(21)28-25(34)40-13-16-2-6-18(7-3-16)30(36)37/h2-9,20-23H,10-14H2,1H3,(H,27,33)(H,28,34)/t20-,21?,22-,23?/m0/s1. The molecule has 0 spiro atoms. The van der Waals surface area contributed by atoms with Crippen molar-refractivity contribution in [3.8, 4) is 0 Å². The van der Waals surface area contributed by atoms with E-state index in [0.29, 0.717) is 17.5 Å². The molecule has 2 N–H and O–H groups in total. The van der Waals surface area contributed by atoms with E-state index in [2.05, 4.69) is 10.6 Å². The number of amides is 3. The van der Waals surface area contributed by atoms with Crippen LogP contribution in [0.4, 0.5) is 21.0 Å². The van der Waals surface area contributed by atoms with E-state index in [9.17, 15) is 39.4 Å². The number of hydrogen-bond acceptors (Lipinski definition) is 11. The van der Waals surface area contributed by atoms with Crippen LogP contribution in [0.5, 0.6) is 0 Å². The fraction of sp³-hybridized carbons (Fsp3) is 0.385. The molecule has 0 saturated carbocycles. The van der Waals surface area contributed by atoms with Gasteiger partial charge in [0.2, 0.25) is 5.91 Å². The zero-order valence-electron chi connectivity index (χ0n) is 22.3. The number of nitrogens with zero attached hydrogens (tertiary/aromatic N) is 3. The highest BCUT2D eigenvalue weighted by molar-refractivity contribution is 8.14. The molecule has 0 bridgehead atoms. The third-order valence-corrected chi connectivity index (χ3v) is 7.90. The molecule has 2 aromatic carbocycles. The fourth-order valence-electron chi connectivity index (χ4n) is 4.91. The summed E-state index contributed by atoms with van der Waals surface area (Å²) in [5, 5.41) is 26.5. The molecule has 2 unspecified atom stereocenters. The summed E-state index contributed by atoms with van der Waals surface area (Å²) < 4.78 is 10.7. The number of nitrogens with one attached hydrogen (secondary N) is 2.